The maximum Gasteiger partial charge on any atom is 0.339 e. The van der Waals surface area contributed by atoms with Gasteiger partial charge in [-0.15, -0.1) is 0 Å². The molecule has 0 amide bonds. The molecule has 0 aliphatic heterocycles. The number of esters is 1. The minimum atomic E-state index is -1.54. The number of methoxy groups -OCH3 is 2. The van der Waals surface area contributed by atoms with Crippen molar-refractivity contribution < 1.29 is 29.6 Å². The van der Waals surface area contributed by atoms with E-state index >= 15 is 0 Å². The Hall–Kier alpha value is -1.95. The Morgan fingerprint density at radius 1 is 1.31 bits per heavy atom. The van der Waals surface area contributed by atoms with Crippen LogP contribution in [-0.4, -0.2) is 35.5 Å². The normalized spacial score (nSPS) is 11.9. The van der Waals surface area contributed by atoms with Crippen molar-refractivity contribution in [1.82, 2.24) is 0 Å². The molecule has 16 heavy (non-hydrogen) atoms. The van der Waals surface area contributed by atoms with Crippen LogP contribution in [0.25, 0.3) is 0 Å². The summed E-state index contributed by atoms with van der Waals surface area (Å²) in [4.78, 5) is 11.1. The average molecular weight is 228 g/mol. The molecule has 0 saturated heterocycles. The minimum absolute atomic E-state index is 0.0436. The zero-order chi connectivity index (χ0) is 12.3. The van der Waals surface area contributed by atoms with Crippen molar-refractivity contribution >= 4 is 5.97 Å². The molecule has 0 aromatic heterocycles. The Labute approximate surface area is 91.7 Å². The van der Waals surface area contributed by atoms with Gasteiger partial charge in [0.1, 0.15) is 0 Å². The van der Waals surface area contributed by atoms with Crippen LogP contribution in [0.2, 0.25) is 0 Å². The SMILES string of the molecule is COC(=O)C(O)c1cc(O)c(O)c(OC)c1. The summed E-state index contributed by atoms with van der Waals surface area (Å²) in [5.41, 5.74) is 0.0685. The molecule has 88 valence electrons. The maximum atomic E-state index is 11.1. The lowest BCUT2D eigenvalue weighted by Crippen LogP contribution is -2.13. The van der Waals surface area contributed by atoms with E-state index in [4.69, 9.17) is 4.74 Å². The highest BCUT2D eigenvalue weighted by atomic mass is 16.5. The largest absolute Gasteiger partial charge is 0.504 e. The van der Waals surface area contributed by atoms with Gasteiger partial charge in [-0.05, 0) is 17.7 Å². The lowest BCUT2D eigenvalue weighted by atomic mass is 10.1. The number of aliphatic hydroxyl groups excluding tert-OH is 1. The van der Waals surface area contributed by atoms with E-state index in [0.717, 1.165) is 13.2 Å². The molecule has 0 spiro atoms. The van der Waals surface area contributed by atoms with Gasteiger partial charge in [0.2, 0.25) is 5.75 Å². The summed E-state index contributed by atoms with van der Waals surface area (Å²) >= 11 is 0. The van der Waals surface area contributed by atoms with E-state index in [-0.39, 0.29) is 11.3 Å². The van der Waals surface area contributed by atoms with Gasteiger partial charge in [0, 0.05) is 0 Å². The number of ether oxygens (including phenoxy) is 2. The molecule has 6 nitrogen and oxygen atoms in total. The van der Waals surface area contributed by atoms with E-state index < -0.39 is 23.6 Å². The Morgan fingerprint density at radius 3 is 2.44 bits per heavy atom. The van der Waals surface area contributed by atoms with Gasteiger partial charge in [-0.2, -0.15) is 0 Å². The third-order valence-corrected chi connectivity index (χ3v) is 2.04. The Morgan fingerprint density at radius 2 is 1.94 bits per heavy atom. The molecule has 3 N–H and O–H groups in total. The first-order chi connectivity index (χ1) is 7.51. The van der Waals surface area contributed by atoms with Crippen molar-refractivity contribution in [2.45, 2.75) is 6.10 Å². The molecule has 1 unspecified atom stereocenters. The molecule has 0 radical (unpaired) electrons. The minimum Gasteiger partial charge on any atom is -0.504 e. The number of hydrogen-bond donors (Lipinski definition) is 3. The molecule has 0 aliphatic rings. The van der Waals surface area contributed by atoms with Crippen LogP contribution in [0.1, 0.15) is 11.7 Å². The fraction of sp³-hybridized carbons (Fsp3) is 0.300. The predicted molar refractivity (Wildman–Crippen MR) is 53.3 cm³/mol. The van der Waals surface area contributed by atoms with Gasteiger partial charge in [-0.3, -0.25) is 0 Å². The van der Waals surface area contributed by atoms with Gasteiger partial charge in [-0.1, -0.05) is 0 Å². The van der Waals surface area contributed by atoms with Crippen LogP contribution in [0.5, 0.6) is 17.2 Å². The average Bonchev–Trinajstić information content (AvgIpc) is 2.30. The van der Waals surface area contributed by atoms with Crippen molar-refractivity contribution in [2.75, 3.05) is 14.2 Å². The molecule has 0 aliphatic carbocycles. The number of aromatic hydroxyl groups is 2. The van der Waals surface area contributed by atoms with Crippen LogP contribution in [0, 0.1) is 0 Å². The number of hydrogen-bond acceptors (Lipinski definition) is 6. The molecular formula is C10H12O6. The highest BCUT2D eigenvalue weighted by Crippen LogP contribution is 2.37. The smallest absolute Gasteiger partial charge is 0.339 e. The molecular weight excluding hydrogens is 216 g/mol. The second-order valence-electron chi connectivity index (χ2n) is 3.02. The Balaban J connectivity index is 3.16. The van der Waals surface area contributed by atoms with Crippen molar-refractivity contribution in [1.29, 1.82) is 0 Å². The number of phenolic OH excluding ortho intramolecular Hbond substituents is 2. The third kappa shape index (κ3) is 2.17. The zero-order valence-corrected chi connectivity index (χ0v) is 8.80. The van der Waals surface area contributed by atoms with E-state index in [1.807, 2.05) is 0 Å². The molecule has 0 saturated carbocycles. The molecule has 6 heteroatoms. The van der Waals surface area contributed by atoms with E-state index in [1.54, 1.807) is 0 Å². The lowest BCUT2D eigenvalue weighted by molar-refractivity contribution is -0.150. The number of phenols is 2. The van der Waals surface area contributed by atoms with Crippen LogP contribution in [0.4, 0.5) is 0 Å². The monoisotopic (exact) mass is 228 g/mol. The van der Waals surface area contributed by atoms with Gasteiger partial charge < -0.3 is 24.8 Å². The number of carbonyl (C=O) groups excluding carboxylic acids is 1. The quantitative estimate of drug-likeness (QED) is 0.509. The van der Waals surface area contributed by atoms with Crippen molar-refractivity contribution in [3.05, 3.63) is 17.7 Å². The first-order valence-corrected chi connectivity index (χ1v) is 4.37. The second kappa shape index (κ2) is 4.71. The van der Waals surface area contributed by atoms with Crippen LogP contribution in [-0.2, 0) is 9.53 Å². The standard InChI is InChI=1S/C10H12O6/c1-15-7-4-5(3-6(11)9(7)13)8(12)10(14)16-2/h3-4,8,11-13H,1-2H3. The summed E-state index contributed by atoms with van der Waals surface area (Å²) in [7, 11) is 2.41. The summed E-state index contributed by atoms with van der Waals surface area (Å²) in [6.45, 7) is 0. The summed E-state index contributed by atoms with van der Waals surface area (Å²) < 4.78 is 9.09. The fourth-order valence-corrected chi connectivity index (χ4v) is 1.18. The highest BCUT2D eigenvalue weighted by Gasteiger charge is 2.21. The van der Waals surface area contributed by atoms with Gasteiger partial charge in [-0.25, -0.2) is 4.79 Å². The van der Waals surface area contributed by atoms with E-state index in [0.29, 0.717) is 0 Å². The summed E-state index contributed by atoms with van der Waals surface area (Å²) in [5, 5.41) is 28.2. The molecule has 1 aromatic rings. The lowest BCUT2D eigenvalue weighted by Gasteiger charge is -2.12. The molecule has 1 aromatic carbocycles. The predicted octanol–water partition coefficient (Wildman–Crippen LogP) is 0.313. The molecule has 1 atom stereocenters. The van der Waals surface area contributed by atoms with E-state index in [2.05, 4.69) is 4.74 Å². The Kier molecular flexibility index (Phi) is 3.57. The van der Waals surface area contributed by atoms with Crippen LogP contribution in [0.3, 0.4) is 0 Å². The molecule has 0 fully saturated rings. The van der Waals surface area contributed by atoms with Crippen LogP contribution in [0.15, 0.2) is 12.1 Å². The molecule has 0 bridgehead atoms. The van der Waals surface area contributed by atoms with Crippen molar-refractivity contribution in [3.63, 3.8) is 0 Å². The number of benzene rings is 1. The number of rotatable bonds is 3. The zero-order valence-electron chi connectivity index (χ0n) is 8.80. The van der Waals surface area contributed by atoms with Gasteiger partial charge in [0.05, 0.1) is 14.2 Å². The summed E-state index contributed by atoms with van der Waals surface area (Å²) in [6, 6.07) is 2.29. The Bertz CT molecular complexity index is 401. The number of carbonyl (C=O) groups is 1. The van der Waals surface area contributed by atoms with Crippen LogP contribution >= 0.6 is 0 Å². The first-order valence-electron chi connectivity index (χ1n) is 4.37. The maximum absolute atomic E-state index is 11.1. The van der Waals surface area contributed by atoms with Gasteiger partial charge in [0.15, 0.2) is 17.6 Å². The second-order valence-corrected chi connectivity index (χ2v) is 3.02. The van der Waals surface area contributed by atoms with E-state index in [9.17, 15) is 20.1 Å². The molecule has 1 rings (SSSR count). The molecule has 0 heterocycles. The number of aliphatic hydroxyl groups is 1. The summed E-state index contributed by atoms with van der Waals surface area (Å²) in [6.07, 6.45) is -1.54. The first kappa shape index (κ1) is 12.1. The summed E-state index contributed by atoms with van der Waals surface area (Å²) in [5.74, 6) is -1.86. The van der Waals surface area contributed by atoms with Crippen molar-refractivity contribution in [3.8, 4) is 17.2 Å². The van der Waals surface area contributed by atoms with Gasteiger partial charge in [0.25, 0.3) is 0 Å². The van der Waals surface area contributed by atoms with E-state index in [1.165, 1.54) is 13.2 Å². The fourth-order valence-electron chi connectivity index (χ4n) is 1.18. The van der Waals surface area contributed by atoms with Crippen LogP contribution < -0.4 is 4.74 Å². The van der Waals surface area contributed by atoms with Gasteiger partial charge >= 0.3 is 5.97 Å². The van der Waals surface area contributed by atoms with Crippen molar-refractivity contribution in [2.24, 2.45) is 0 Å². The topological polar surface area (TPSA) is 96.2 Å². The third-order valence-electron chi connectivity index (χ3n) is 2.04. The highest BCUT2D eigenvalue weighted by molar-refractivity contribution is 5.76.